The van der Waals surface area contributed by atoms with Crippen molar-refractivity contribution >= 4 is 5.91 Å². The summed E-state index contributed by atoms with van der Waals surface area (Å²) in [5.41, 5.74) is 7.13. The Morgan fingerprint density at radius 1 is 1.28 bits per heavy atom. The van der Waals surface area contributed by atoms with Crippen LogP contribution in [0.15, 0.2) is 18.3 Å². The van der Waals surface area contributed by atoms with Gasteiger partial charge in [-0.3, -0.25) is 14.7 Å². The zero-order valence-electron chi connectivity index (χ0n) is 14.9. The highest BCUT2D eigenvalue weighted by molar-refractivity contribution is 5.90. The number of nitrogens with zero attached hydrogens (tertiary/aromatic N) is 2. The molecule has 0 radical (unpaired) electrons. The molecule has 1 saturated heterocycles. The van der Waals surface area contributed by atoms with Crippen molar-refractivity contribution in [2.45, 2.75) is 49.7 Å². The highest BCUT2D eigenvalue weighted by atomic mass is 16.5. The number of hydrogen-bond donors (Lipinski definition) is 1. The van der Waals surface area contributed by atoms with Gasteiger partial charge in [0.2, 0.25) is 0 Å². The number of methoxy groups -OCH3 is 1. The fourth-order valence-electron chi connectivity index (χ4n) is 6.37. The van der Waals surface area contributed by atoms with Crippen LogP contribution < -0.4 is 5.73 Å². The standard InChI is InChI=1S/C20H27N3O2/c1-25-20(14-5-6-22-17(7-14)18(21)24)15-3-2-4-16(20)12-23(11-15)19-8-13(9-19)10-19/h5-7,13,15-16H,2-4,8-12H2,1H3,(H2,21,24)/t13?,15-,16+,19?,20?. The summed E-state index contributed by atoms with van der Waals surface area (Å²) < 4.78 is 6.29. The Balaban J connectivity index is 1.52. The minimum Gasteiger partial charge on any atom is -0.373 e. The smallest absolute Gasteiger partial charge is 0.267 e. The van der Waals surface area contributed by atoms with Gasteiger partial charge in [-0.05, 0) is 55.7 Å². The summed E-state index contributed by atoms with van der Waals surface area (Å²) in [5.74, 6) is 1.49. The molecule has 4 saturated carbocycles. The van der Waals surface area contributed by atoms with Crippen LogP contribution >= 0.6 is 0 Å². The van der Waals surface area contributed by atoms with Gasteiger partial charge in [0.1, 0.15) is 11.3 Å². The predicted molar refractivity (Wildman–Crippen MR) is 93.9 cm³/mol. The lowest BCUT2D eigenvalue weighted by molar-refractivity contribution is -0.226. The van der Waals surface area contributed by atoms with E-state index < -0.39 is 5.91 Å². The van der Waals surface area contributed by atoms with Crippen molar-refractivity contribution in [2.24, 2.45) is 23.5 Å². The fourth-order valence-corrected chi connectivity index (χ4v) is 6.37. The van der Waals surface area contributed by atoms with Gasteiger partial charge >= 0.3 is 0 Å². The lowest BCUT2D eigenvalue weighted by atomic mass is 9.48. The molecule has 2 N–H and O–H groups in total. The molecule has 1 amide bonds. The van der Waals surface area contributed by atoms with E-state index in [9.17, 15) is 4.79 Å². The van der Waals surface area contributed by atoms with Crippen LogP contribution in [0.3, 0.4) is 0 Å². The third kappa shape index (κ3) is 2.02. The highest BCUT2D eigenvalue weighted by Gasteiger charge is 2.63. The molecule has 4 aliphatic carbocycles. The molecular formula is C20H27N3O2. The van der Waals surface area contributed by atoms with Crippen molar-refractivity contribution in [3.05, 3.63) is 29.6 Å². The molecular weight excluding hydrogens is 314 g/mol. The summed E-state index contributed by atoms with van der Waals surface area (Å²) in [6, 6.07) is 3.89. The predicted octanol–water partition coefficient (Wildman–Crippen LogP) is 2.31. The molecule has 5 heteroatoms. The summed E-state index contributed by atoms with van der Waals surface area (Å²) in [7, 11) is 1.84. The molecule has 0 aromatic carbocycles. The molecule has 4 bridgehead atoms. The van der Waals surface area contributed by atoms with Gasteiger partial charge in [-0.25, -0.2) is 0 Å². The molecule has 1 aromatic heterocycles. The van der Waals surface area contributed by atoms with E-state index in [4.69, 9.17) is 10.5 Å². The molecule has 3 atom stereocenters. The second-order valence-electron chi connectivity index (χ2n) is 8.72. The largest absolute Gasteiger partial charge is 0.373 e. The van der Waals surface area contributed by atoms with Crippen molar-refractivity contribution in [1.29, 1.82) is 0 Å². The number of pyridine rings is 1. The molecule has 25 heavy (non-hydrogen) atoms. The minimum absolute atomic E-state index is 0.300. The Bertz CT molecular complexity index is 688. The van der Waals surface area contributed by atoms with Crippen molar-refractivity contribution in [2.75, 3.05) is 20.2 Å². The average molecular weight is 341 g/mol. The van der Waals surface area contributed by atoms with E-state index >= 15 is 0 Å². The normalized spacial score (nSPS) is 42.4. The summed E-state index contributed by atoms with van der Waals surface area (Å²) in [6.07, 6.45) is 9.59. The topological polar surface area (TPSA) is 68.5 Å². The molecule has 1 unspecified atom stereocenters. The van der Waals surface area contributed by atoms with E-state index in [0.29, 0.717) is 23.1 Å². The molecule has 2 heterocycles. The number of carbonyl (C=O) groups is 1. The van der Waals surface area contributed by atoms with Gasteiger partial charge in [0, 0.05) is 43.8 Å². The third-order valence-electron chi connectivity index (χ3n) is 7.68. The number of nitrogens with two attached hydrogens (primary N) is 1. The van der Waals surface area contributed by atoms with Crippen molar-refractivity contribution in [1.82, 2.24) is 9.88 Å². The van der Waals surface area contributed by atoms with Crippen LogP contribution in [-0.4, -0.2) is 41.5 Å². The maximum atomic E-state index is 11.6. The van der Waals surface area contributed by atoms with E-state index in [1.165, 1.54) is 38.5 Å². The monoisotopic (exact) mass is 341 g/mol. The first kappa shape index (κ1) is 15.8. The van der Waals surface area contributed by atoms with Crippen LogP contribution in [0, 0.1) is 17.8 Å². The first-order valence-electron chi connectivity index (χ1n) is 9.64. The van der Waals surface area contributed by atoms with Crippen LogP contribution in [-0.2, 0) is 10.3 Å². The van der Waals surface area contributed by atoms with E-state index in [2.05, 4.69) is 9.88 Å². The Labute approximate surface area is 148 Å². The van der Waals surface area contributed by atoms with Crippen molar-refractivity contribution < 1.29 is 9.53 Å². The van der Waals surface area contributed by atoms with E-state index in [1.54, 1.807) is 6.20 Å². The van der Waals surface area contributed by atoms with Crippen LogP contribution in [0.2, 0.25) is 0 Å². The van der Waals surface area contributed by atoms with Gasteiger partial charge in [0.25, 0.3) is 5.91 Å². The summed E-state index contributed by atoms with van der Waals surface area (Å²) in [4.78, 5) is 18.5. The fraction of sp³-hybridized carbons (Fsp3) is 0.700. The number of carbonyl (C=O) groups excluding carboxylic acids is 1. The minimum atomic E-state index is -0.468. The Morgan fingerprint density at radius 2 is 1.96 bits per heavy atom. The first-order chi connectivity index (χ1) is 12.1. The number of likely N-dealkylation sites (tertiary alicyclic amines) is 1. The molecule has 134 valence electrons. The van der Waals surface area contributed by atoms with Crippen LogP contribution in [0.4, 0.5) is 0 Å². The van der Waals surface area contributed by atoms with E-state index in [-0.39, 0.29) is 5.60 Å². The third-order valence-corrected chi connectivity index (χ3v) is 7.68. The molecule has 5 fully saturated rings. The molecule has 6 rings (SSSR count). The first-order valence-corrected chi connectivity index (χ1v) is 9.64. The number of amides is 1. The van der Waals surface area contributed by atoms with Gasteiger partial charge in [0.05, 0.1) is 0 Å². The van der Waals surface area contributed by atoms with Crippen molar-refractivity contribution in [3.8, 4) is 0 Å². The lowest BCUT2D eigenvalue weighted by Crippen LogP contribution is -2.73. The summed E-state index contributed by atoms with van der Waals surface area (Å²) in [6.45, 7) is 2.23. The highest BCUT2D eigenvalue weighted by Crippen LogP contribution is 2.63. The quantitative estimate of drug-likeness (QED) is 0.912. The van der Waals surface area contributed by atoms with Gasteiger partial charge in [-0.2, -0.15) is 0 Å². The van der Waals surface area contributed by atoms with E-state index in [0.717, 1.165) is 24.6 Å². The Kier molecular flexibility index (Phi) is 3.32. The second-order valence-corrected chi connectivity index (χ2v) is 8.72. The van der Waals surface area contributed by atoms with Crippen LogP contribution in [0.1, 0.15) is 54.6 Å². The maximum absolute atomic E-state index is 11.6. The number of hydrogen-bond acceptors (Lipinski definition) is 4. The van der Waals surface area contributed by atoms with Gasteiger partial charge in [-0.1, -0.05) is 6.42 Å². The maximum Gasteiger partial charge on any atom is 0.267 e. The van der Waals surface area contributed by atoms with Gasteiger partial charge in [-0.15, -0.1) is 0 Å². The number of piperidine rings is 1. The molecule has 5 nitrogen and oxygen atoms in total. The molecule has 5 aliphatic rings. The number of rotatable bonds is 4. The van der Waals surface area contributed by atoms with Crippen LogP contribution in [0.5, 0.6) is 0 Å². The number of ether oxygens (including phenoxy) is 1. The molecule has 1 aromatic rings. The van der Waals surface area contributed by atoms with Gasteiger partial charge < -0.3 is 10.5 Å². The molecule has 0 spiro atoms. The Hall–Kier alpha value is -1.46. The van der Waals surface area contributed by atoms with Crippen molar-refractivity contribution in [3.63, 3.8) is 0 Å². The lowest BCUT2D eigenvalue weighted by Gasteiger charge is -2.70. The number of primary amides is 1. The van der Waals surface area contributed by atoms with E-state index in [1.807, 2.05) is 19.2 Å². The second kappa shape index (κ2) is 5.27. The molecule has 1 aliphatic heterocycles. The number of fused-ring (bicyclic) bond motifs is 2. The average Bonchev–Trinajstić information content (AvgIpc) is 2.51. The Morgan fingerprint density at radius 3 is 2.48 bits per heavy atom. The summed E-state index contributed by atoms with van der Waals surface area (Å²) >= 11 is 0. The van der Waals surface area contributed by atoms with Gasteiger partial charge in [0.15, 0.2) is 0 Å². The number of aromatic nitrogens is 1. The van der Waals surface area contributed by atoms with Crippen LogP contribution in [0.25, 0.3) is 0 Å². The zero-order valence-corrected chi connectivity index (χ0v) is 14.9. The zero-order chi connectivity index (χ0) is 17.2. The SMILES string of the molecule is COC1(c2ccnc(C(N)=O)c2)[C@@H]2CCC[C@H]1CN(C13CC(C1)C3)C2. The summed E-state index contributed by atoms with van der Waals surface area (Å²) in [5, 5.41) is 0.